The van der Waals surface area contributed by atoms with Crippen molar-refractivity contribution in [1.82, 2.24) is 14.9 Å². The molecule has 4 aromatic rings. The number of likely N-dealkylation sites (N-methyl/N-ethyl adjacent to an activating group) is 1. The zero-order valence-electron chi connectivity index (χ0n) is 16.2. The maximum Gasteiger partial charge on any atom is 0.264 e. The molecule has 0 unspecified atom stereocenters. The topological polar surface area (TPSA) is 78.1 Å². The Bertz CT molecular complexity index is 1200. The summed E-state index contributed by atoms with van der Waals surface area (Å²) < 4.78 is 13.9. The molecule has 2 amide bonds. The highest BCUT2D eigenvalue weighted by Gasteiger charge is 2.16. The standard InChI is InChI=1S/C22H19FN4O2S/c1-27(22(29)19-7-4-10-30-19)13-21(28)24-15-8-9-17-18(12-15)26-20(25-17)11-14-5-2-3-6-16(14)23/h2-10,12H,11,13H2,1H3,(H,24,28)(H,25,26). The maximum atomic E-state index is 13.9. The second kappa shape index (κ2) is 8.46. The van der Waals surface area contributed by atoms with Crippen LogP contribution in [0.15, 0.2) is 60.0 Å². The molecule has 0 fully saturated rings. The molecule has 0 aliphatic carbocycles. The molecule has 0 saturated heterocycles. The first-order valence-electron chi connectivity index (χ1n) is 9.30. The average Bonchev–Trinajstić information content (AvgIpc) is 3.38. The van der Waals surface area contributed by atoms with E-state index < -0.39 is 0 Å². The van der Waals surface area contributed by atoms with Gasteiger partial charge in [-0.1, -0.05) is 24.3 Å². The molecule has 2 N–H and O–H groups in total. The van der Waals surface area contributed by atoms with E-state index in [1.54, 1.807) is 55.6 Å². The number of carbonyl (C=O) groups excluding carboxylic acids is 2. The number of halogens is 1. The van der Waals surface area contributed by atoms with Crippen molar-refractivity contribution in [2.24, 2.45) is 0 Å². The lowest BCUT2D eigenvalue weighted by Crippen LogP contribution is -2.34. The van der Waals surface area contributed by atoms with Crippen LogP contribution in [0.25, 0.3) is 11.0 Å². The molecular weight excluding hydrogens is 403 g/mol. The molecule has 0 saturated carbocycles. The normalized spacial score (nSPS) is 10.9. The van der Waals surface area contributed by atoms with Crippen LogP contribution in [0.2, 0.25) is 0 Å². The van der Waals surface area contributed by atoms with E-state index in [0.29, 0.717) is 28.4 Å². The van der Waals surface area contributed by atoms with Gasteiger partial charge in [-0.05, 0) is 41.3 Å². The zero-order chi connectivity index (χ0) is 21.1. The third-order valence-corrected chi connectivity index (χ3v) is 5.45. The lowest BCUT2D eigenvalue weighted by Gasteiger charge is -2.15. The fourth-order valence-electron chi connectivity index (χ4n) is 3.12. The number of aromatic amines is 1. The number of fused-ring (bicyclic) bond motifs is 1. The van der Waals surface area contributed by atoms with Crippen molar-refractivity contribution in [3.8, 4) is 0 Å². The van der Waals surface area contributed by atoms with Crippen LogP contribution >= 0.6 is 11.3 Å². The van der Waals surface area contributed by atoms with Crippen molar-refractivity contribution in [3.63, 3.8) is 0 Å². The molecule has 0 bridgehead atoms. The van der Waals surface area contributed by atoms with Crippen LogP contribution in [0.5, 0.6) is 0 Å². The van der Waals surface area contributed by atoms with E-state index in [1.807, 2.05) is 5.38 Å². The van der Waals surface area contributed by atoms with Gasteiger partial charge in [-0.2, -0.15) is 0 Å². The Labute approximate surface area is 176 Å². The van der Waals surface area contributed by atoms with E-state index in [1.165, 1.54) is 22.3 Å². The molecule has 2 aromatic carbocycles. The molecule has 30 heavy (non-hydrogen) atoms. The minimum Gasteiger partial charge on any atom is -0.342 e. The summed E-state index contributed by atoms with van der Waals surface area (Å²) in [4.78, 5) is 34.2. The van der Waals surface area contributed by atoms with E-state index in [2.05, 4.69) is 15.3 Å². The summed E-state index contributed by atoms with van der Waals surface area (Å²) in [5.41, 5.74) is 2.61. The Morgan fingerprint density at radius 1 is 1.17 bits per heavy atom. The van der Waals surface area contributed by atoms with Crippen LogP contribution in [0.1, 0.15) is 21.1 Å². The first-order valence-corrected chi connectivity index (χ1v) is 10.2. The Kier molecular flexibility index (Phi) is 5.58. The summed E-state index contributed by atoms with van der Waals surface area (Å²) in [7, 11) is 1.59. The number of H-pyrrole nitrogens is 1. The summed E-state index contributed by atoms with van der Waals surface area (Å²) in [6.45, 7) is -0.0592. The number of nitrogens with one attached hydrogen (secondary N) is 2. The number of hydrogen-bond acceptors (Lipinski definition) is 4. The first kappa shape index (κ1) is 19.8. The highest BCUT2D eigenvalue weighted by atomic mass is 32.1. The predicted molar refractivity (Wildman–Crippen MR) is 115 cm³/mol. The number of thiophene rings is 1. The van der Waals surface area contributed by atoms with Gasteiger partial charge in [0.05, 0.1) is 22.5 Å². The monoisotopic (exact) mass is 422 g/mol. The second-order valence-electron chi connectivity index (χ2n) is 6.87. The van der Waals surface area contributed by atoms with Crippen LogP contribution < -0.4 is 5.32 Å². The summed E-state index contributed by atoms with van der Waals surface area (Å²) >= 11 is 1.34. The summed E-state index contributed by atoms with van der Waals surface area (Å²) in [5.74, 6) is -0.123. The number of rotatable bonds is 6. The van der Waals surface area contributed by atoms with Crippen LogP contribution in [-0.2, 0) is 11.2 Å². The van der Waals surface area contributed by atoms with Crippen LogP contribution in [-0.4, -0.2) is 40.3 Å². The van der Waals surface area contributed by atoms with Crippen LogP contribution in [0.3, 0.4) is 0 Å². The van der Waals surface area contributed by atoms with Gasteiger partial charge in [-0.15, -0.1) is 11.3 Å². The highest BCUT2D eigenvalue weighted by molar-refractivity contribution is 7.12. The second-order valence-corrected chi connectivity index (χ2v) is 7.82. The smallest absolute Gasteiger partial charge is 0.264 e. The van der Waals surface area contributed by atoms with Gasteiger partial charge in [-0.25, -0.2) is 9.37 Å². The van der Waals surface area contributed by atoms with E-state index in [0.717, 1.165) is 11.0 Å². The lowest BCUT2D eigenvalue weighted by molar-refractivity contribution is -0.116. The molecule has 2 heterocycles. The van der Waals surface area contributed by atoms with Crippen molar-refractivity contribution >= 4 is 39.9 Å². The molecule has 0 aliphatic rings. The van der Waals surface area contributed by atoms with E-state index in [-0.39, 0.29) is 24.2 Å². The molecular formula is C22H19FN4O2S. The van der Waals surface area contributed by atoms with Gasteiger partial charge in [0, 0.05) is 19.2 Å². The van der Waals surface area contributed by atoms with E-state index in [9.17, 15) is 14.0 Å². The summed E-state index contributed by atoms with van der Waals surface area (Å²) in [5, 5.41) is 4.62. The van der Waals surface area contributed by atoms with E-state index in [4.69, 9.17) is 0 Å². The third-order valence-electron chi connectivity index (χ3n) is 4.59. The average molecular weight is 422 g/mol. The van der Waals surface area contributed by atoms with Crippen LogP contribution in [0, 0.1) is 5.82 Å². The molecule has 152 valence electrons. The number of carbonyl (C=O) groups is 2. The van der Waals surface area contributed by atoms with Crippen molar-refractivity contribution in [3.05, 3.63) is 82.1 Å². The minimum atomic E-state index is -0.298. The fraction of sp³-hybridized carbons (Fsp3) is 0.136. The fourth-order valence-corrected chi connectivity index (χ4v) is 3.84. The largest absolute Gasteiger partial charge is 0.342 e. The van der Waals surface area contributed by atoms with Gasteiger partial charge in [-0.3, -0.25) is 9.59 Å². The minimum absolute atomic E-state index is 0.0592. The Morgan fingerprint density at radius 2 is 2.00 bits per heavy atom. The number of benzene rings is 2. The molecule has 0 atom stereocenters. The van der Waals surface area contributed by atoms with Crippen molar-refractivity contribution in [2.45, 2.75) is 6.42 Å². The van der Waals surface area contributed by atoms with Crippen molar-refractivity contribution in [1.29, 1.82) is 0 Å². The third kappa shape index (κ3) is 4.38. The summed E-state index contributed by atoms with van der Waals surface area (Å²) in [6.07, 6.45) is 0.346. The molecule has 4 rings (SSSR count). The van der Waals surface area contributed by atoms with Gasteiger partial charge in [0.15, 0.2) is 0 Å². The number of imidazole rings is 1. The molecule has 0 aliphatic heterocycles. The van der Waals surface area contributed by atoms with Gasteiger partial charge >= 0.3 is 0 Å². The quantitative estimate of drug-likeness (QED) is 0.492. The zero-order valence-corrected chi connectivity index (χ0v) is 17.0. The Morgan fingerprint density at radius 3 is 2.77 bits per heavy atom. The predicted octanol–water partition coefficient (Wildman–Crippen LogP) is 4.07. The number of aromatic nitrogens is 2. The number of hydrogen-bond donors (Lipinski definition) is 2. The van der Waals surface area contributed by atoms with E-state index >= 15 is 0 Å². The molecule has 8 heteroatoms. The van der Waals surface area contributed by atoms with Crippen molar-refractivity contribution < 1.29 is 14.0 Å². The number of anilines is 1. The summed E-state index contributed by atoms with van der Waals surface area (Å²) in [6, 6.07) is 15.4. The van der Waals surface area contributed by atoms with Gasteiger partial charge < -0.3 is 15.2 Å². The van der Waals surface area contributed by atoms with Gasteiger partial charge in [0.25, 0.3) is 5.91 Å². The number of nitrogens with zero attached hydrogens (tertiary/aromatic N) is 2. The van der Waals surface area contributed by atoms with Crippen LogP contribution in [0.4, 0.5) is 10.1 Å². The first-order chi connectivity index (χ1) is 14.5. The van der Waals surface area contributed by atoms with Crippen molar-refractivity contribution in [2.75, 3.05) is 18.9 Å². The highest BCUT2D eigenvalue weighted by Crippen LogP contribution is 2.20. The Hall–Kier alpha value is -3.52. The molecule has 2 aromatic heterocycles. The van der Waals surface area contributed by atoms with Gasteiger partial charge in [0.2, 0.25) is 5.91 Å². The molecule has 0 spiro atoms. The van der Waals surface area contributed by atoms with Gasteiger partial charge in [0.1, 0.15) is 11.6 Å². The Balaban J connectivity index is 1.42. The number of amides is 2. The lowest BCUT2D eigenvalue weighted by atomic mass is 10.1. The molecule has 0 radical (unpaired) electrons. The molecule has 6 nitrogen and oxygen atoms in total. The SMILES string of the molecule is CN(CC(=O)Nc1ccc2nc(Cc3ccccc3F)[nH]c2c1)C(=O)c1cccs1. The maximum absolute atomic E-state index is 13.9.